The summed E-state index contributed by atoms with van der Waals surface area (Å²) >= 11 is 3.37. The van der Waals surface area contributed by atoms with Crippen molar-refractivity contribution < 1.29 is 19.1 Å². The van der Waals surface area contributed by atoms with E-state index in [0.29, 0.717) is 23.8 Å². The quantitative estimate of drug-likeness (QED) is 0.622. The van der Waals surface area contributed by atoms with Crippen LogP contribution in [0.2, 0.25) is 0 Å². The third-order valence-electron chi connectivity index (χ3n) is 3.81. The summed E-state index contributed by atoms with van der Waals surface area (Å²) < 4.78 is 11.6. The highest BCUT2D eigenvalue weighted by Gasteiger charge is 2.12. The second-order valence-electron chi connectivity index (χ2n) is 5.90. The number of nitrogens with zero attached hydrogens (tertiary/aromatic N) is 1. The summed E-state index contributed by atoms with van der Waals surface area (Å²) in [5, 5.41) is 2.77. The van der Waals surface area contributed by atoms with Crippen molar-refractivity contribution >= 4 is 39.5 Å². The zero-order valence-corrected chi connectivity index (χ0v) is 17.7. The minimum atomic E-state index is -0.281. The summed E-state index contributed by atoms with van der Waals surface area (Å²) in [5.74, 6) is 0.683. The molecule has 2 aromatic carbocycles. The standard InChI is InChI=1S/C21H23BrN2O4/c1-4-28-19-13-15(9-11-18(19)27-3)10-12-21(26)24(2)14-20(25)23-17-8-6-5-7-16(17)22/h5-13H,4,14H2,1-3H3,(H,23,25)/b12-10+. The number of hydrogen-bond acceptors (Lipinski definition) is 4. The van der Waals surface area contributed by atoms with Crippen LogP contribution in [0.15, 0.2) is 53.0 Å². The van der Waals surface area contributed by atoms with E-state index in [1.165, 1.54) is 11.0 Å². The fraction of sp³-hybridized carbons (Fsp3) is 0.238. The van der Waals surface area contributed by atoms with Gasteiger partial charge in [0.2, 0.25) is 11.8 Å². The van der Waals surface area contributed by atoms with Crippen molar-refractivity contribution in [2.24, 2.45) is 0 Å². The number of ether oxygens (including phenoxy) is 2. The number of hydrogen-bond donors (Lipinski definition) is 1. The van der Waals surface area contributed by atoms with Crippen molar-refractivity contribution in [1.29, 1.82) is 0 Å². The van der Waals surface area contributed by atoms with Crippen LogP contribution < -0.4 is 14.8 Å². The van der Waals surface area contributed by atoms with Gasteiger partial charge in [-0.1, -0.05) is 18.2 Å². The fourth-order valence-electron chi connectivity index (χ4n) is 2.41. The summed E-state index contributed by atoms with van der Waals surface area (Å²) in [6, 6.07) is 12.7. The average molecular weight is 447 g/mol. The number of rotatable bonds is 8. The molecule has 2 amide bonds. The molecule has 0 aromatic heterocycles. The molecule has 1 N–H and O–H groups in total. The Kier molecular flexibility index (Phi) is 8.07. The van der Waals surface area contributed by atoms with Crippen molar-refractivity contribution in [3.8, 4) is 11.5 Å². The van der Waals surface area contributed by atoms with E-state index in [2.05, 4.69) is 21.2 Å². The molecule has 0 unspecified atom stereocenters. The van der Waals surface area contributed by atoms with Gasteiger partial charge in [0, 0.05) is 17.6 Å². The van der Waals surface area contributed by atoms with Crippen LogP contribution in [0.4, 0.5) is 5.69 Å². The van der Waals surface area contributed by atoms with Gasteiger partial charge >= 0.3 is 0 Å². The first-order valence-electron chi connectivity index (χ1n) is 8.73. The summed E-state index contributed by atoms with van der Waals surface area (Å²) in [4.78, 5) is 25.8. The van der Waals surface area contributed by atoms with E-state index >= 15 is 0 Å². The largest absolute Gasteiger partial charge is 0.493 e. The molecule has 0 saturated carbocycles. The zero-order valence-electron chi connectivity index (χ0n) is 16.1. The average Bonchev–Trinajstić information content (AvgIpc) is 2.68. The number of methoxy groups -OCH3 is 1. The second-order valence-corrected chi connectivity index (χ2v) is 6.75. The van der Waals surface area contributed by atoms with E-state index < -0.39 is 0 Å². The van der Waals surface area contributed by atoms with Gasteiger partial charge in [0.15, 0.2) is 11.5 Å². The number of benzene rings is 2. The number of likely N-dealkylation sites (N-methyl/N-ethyl adjacent to an activating group) is 1. The van der Waals surface area contributed by atoms with E-state index in [4.69, 9.17) is 9.47 Å². The first-order chi connectivity index (χ1) is 13.4. The second kappa shape index (κ2) is 10.5. The van der Waals surface area contributed by atoms with Crippen molar-refractivity contribution in [1.82, 2.24) is 4.90 Å². The molecule has 0 heterocycles. The topological polar surface area (TPSA) is 67.9 Å². The highest BCUT2D eigenvalue weighted by atomic mass is 79.9. The van der Waals surface area contributed by atoms with Crippen molar-refractivity contribution in [3.63, 3.8) is 0 Å². The lowest BCUT2D eigenvalue weighted by molar-refractivity contribution is -0.129. The zero-order chi connectivity index (χ0) is 20.5. The molecule has 2 rings (SSSR count). The van der Waals surface area contributed by atoms with E-state index in [1.807, 2.05) is 31.2 Å². The number of anilines is 1. The lowest BCUT2D eigenvalue weighted by Gasteiger charge is -2.15. The lowest BCUT2D eigenvalue weighted by Crippen LogP contribution is -2.33. The molecule has 7 heteroatoms. The van der Waals surface area contributed by atoms with E-state index in [-0.39, 0.29) is 18.4 Å². The van der Waals surface area contributed by atoms with Gasteiger partial charge in [-0.3, -0.25) is 9.59 Å². The first kappa shape index (κ1) is 21.5. The predicted molar refractivity (Wildman–Crippen MR) is 114 cm³/mol. The Morgan fingerprint density at radius 3 is 2.61 bits per heavy atom. The smallest absolute Gasteiger partial charge is 0.246 e. The maximum absolute atomic E-state index is 12.3. The van der Waals surface area contributed by atoms with Crippen LogP contribution in [0.1, 0.15) is 12.5 Å². The van der Waals surface area contributed by atoms with Crippen molar-refractivity contribution in [2.45, 2.75) is 6.92 Å². The molecule has 0 fully saturated rings. The van der Waals surface area contributed by atoms with Gasteiger partial charge < -0.3 is 19.7 Å². The van der Waals surface area contributed by atoms with Crippen LogP contribution in [-0.4, -0.2) is 44.0 Å². The third-order valence-corrected chi connectivity index (χ3v) is 4.50. The van der Waals surface area contributed by atoms with E-state index in [0.717, 1.165) is 10.0 Å². The predicted octanol–water partition coefficient (Wildman–Crippen LogP) is 3.97. The van der Waals surface area contributed by atoms with Crippen molar-refractivity contribution in [3.05, 3.63) is 58.6 Å². The lowest BCUT2D eigenvalue weighted by atomic mass is 10.2. The Balaban J connectivity index is 1.97. The molecular formula is C21H23BrN2O4. The van der Waals surface area contributed by atoms with Gasteiger partial charge in [-0.15, -0.1) is 0 Å². The molecule has 2 aromatic rings. The number of carbonyl (C=O) groups is 2. The van der Waals surface area contributed by atoms with Gasteiger partial charge in [-0.25, -0.2) is 0 Å². The summed E-state index contributed by atoms with van der Waals surface area (Å²) in [6.07, 6.45) is 3.09. The number of halogens is 1. The van der Waals surface area contributed by atoms with Gasteiger partial charge in [-0.2, -0.15) is 0 Å². The highest BCUT2D eigenvalue weighted by molar-refractivity contribution is 9.10. The third kappa shape index (κ3) is 6.13. The van der Waals surface area contributed by atoms with Crippen LogP contribution in [0.25, 0.3) is 6.08 Å². The van der Waals surface area contributed by atoms with Crippen LogP contribution in [0, 0.1) is 0 Å². The number of para-hydroxylation sites is 1. The van der Waals surface area contributed by atoms with Gasteiger partial charge in [-0.05, 0) is 58.8 Å². The van der Waals surface area contributed by atoms with Gasteiger partial charge in [0.1, 0.15) is 0 Å². The van der Waals surface area contributed by atoms with Gasteiger partial charge in [0.25, 0.3) is 0 Å². The molecule has 0 atom stereocenters. The molecule has 6 nitrogen and oxygen atoms in total. The monoisotopic (exact) mass is 446 g/mol. The molecule has 148 valence electrons. The minimum Gasteiger partial charge on any atom is -0.493 e. The van der Waals surface area contributed by atoms with Crippen LogP contribution in [0.5, 0.6) is 11.5 Å². The SMILES string of the molecule is CCOc1cc(/C=C/C(=O)N(C)CC(=O)Nc2ccccc2Br)ccc1OC. The molecule has 0 bridgehead atoms. The molecule has 0 aliphatic rings. The number of carbonyl (C=O) groups excluding carboxylic acids is 2. The number of amides is 2. The Morgan fingerprint density at radius 1 is 1.18 bits per heavy atom. The summed E-state index contributed by atoms with van der Waals surface area (Å²) in [5.41, 5.74) is 1.45. The maximum Gasteiger partial charge on any atom is 0.246 e. The van der Waals surface area contributed by atoms with E-state index in [1.54, 1.807) is 38.4 Å². The van der Waals surface area contributed by atoms with E-state index in [9.17, 15) is 9.59 Å². The molecule has 0 spiro atoms. The fourth-order valence-corrected chi connectivity index (χ4v) is 2.79. The maximum atomic E-state index is 12.3. The summed E-state index contributed by atoms with van der Waals surface area (Å²) in [7, 11) is 3.15. The van der Waals surface area contributed by atoms with Gasteiger partial charge in [0.05, 0.1) is 25.9 Å². The Labute approximate surface area is 173 Å². The molecular weight excluding hydrogens is 424 g/mol. The summed E-state index contributed by atoms with van der Waals surface area (Å²) in [6.45, 7) is 2.34. The Bertz CT molecular complexity index is 867. The van der Waals surface area contributed by atoms with Crippen LogP contribution >= 0.6 is 15.9 Å². The Hall–Kier alpha value is -2.80. The molecule has 0 radical (unpaired) electrons. The number of nitrogens with one attached hydrogen (secondary N) is 1. The normalized spacial score (nSPS) is 10.6. The first-order valence-corrected chi connectivity index (χ1v) is 9.52. The highest BCUT2D eigenvalue weighted by Crippen LogP contribution is 2.28. The van der Waals surface area contributed by atoms with Crippen molar-refractivity contribution in [2.75, 3.05) is 32.6 Å². The Morgan fingerprint density at radius 2 is 1.93 bits per heavy atom. The molecule has 0 aliphatic carbocycles. The van der Waals surface area contributed by atoms with Crippen LogP contribution in [0.3, 0.4) is 0 Å². The molecule has 0 aliphatic heterocycles. The minimum absolute atomic E-state index is 0.0582. The molecule has 0 saturated heterocycles. The van der Waals surface area contributed by atoms with Crippen LogP contribution in [-0.2, 0) is 9.59 Å². The molecule has 28 heavy (non-hydrogen) atoms.